The third-order valence-corrected chi connectivity index (χ3v) is 16.5. The van der Waals surface area contributed by atoms with Crippen LogP contribution in [-0.4, -0.2) is 19.1 Å². The molecule has 5 nitrogen and oxygen atoms in total. The van der Waals surface area contributed by atoms with Crippen molar-refractivity contribution in [1.29, 1.82) is 0 Å². The van der Waals surface area contributed by atoms with E-state index in [1.54, 1.807) is 0 Å². The molecule has 0 saturated heterocycles. The van der Waals surface area contributed by atoms with E-state index < -0.39 is 10.8 Å². The summed E-state index contributed by atoms with van der Waals surface area (Å²) in [5, 5.41) is 4.80. The molecule has 0 fully saturated rings. The highest BCUT2D eigenvalue weighted by molar-refractivity contribution is 6.19. The standard InChI is InChI=1S/C66H38N4O/c1-2-17-39(18-3-1)69-57-29-13-7-22-44(57)47-36-60-48(35-59(47)69)45-23-8-14-30-58(45)70(60)40-33-56-64(68-38-40)63-53(28-16-32-67-63)66(56)52-27-12-15-31-61(52)71-62-37-54-46(34-55(62)66)43-21-6-11-26-51(43)65(54)49-24-9-4-19-41(49)42-20-5-10-25-50(42)65/h1-38H. The number of nitrogens with zero attached hydrogens (tertiary/aromatic N) is 4. The Kier molecular flexibility index (Phi) is 7.03. The third kappa shape index (κ3) is 4.45. The molecule has 1 aliphatic heterocycles. The van der Waals surface area contributed by atoms with E-state index >= 15 is 0 Å². The number of hydrogen-bond donors (Lipinski definition) is 0. The summed E-state index contributed by atoms with van der Waals surface area (Å²) in [6.45, 7) is 0. The molecule has 4 aliphatic rings. The molecular formula is C66H38N4O. The van der Waals surface area contributed by atoms with Gasteiger partial charge in [0.1, 0.15) is 11.5 Å². The van der Waals surface area contributed by atoms with E-state index in [0.717, 1.165) is 67.5 Å². The van der Waals surface area contributed by atoms with Crippen LogP contribution in [0.5, 0.6) is 11.5 Å². The number of fused-ring (bicyclic) bond motifs is 25. The van der Waals surface area contributed by atoms with Crippen LogP contribution in [0.2, 0.25) is 0 Å². The van der Waals surface area contributed by atoms with Crippen molar-refractivity contribution in [2.45, 2.75) is 10.8 Å². The Morgan fingerprint density at radius 1 is 0.310 bits per heavy atom. The average molecular weight is 903 g/mol. The van der Waals surface area contributed by atoms with Crippen LogP contribution in [0.1, 0.15) is 44.5 Å². The molecule has 71 heavy (non-hydrogen) atoms. The van der Waals surface area contributed by atoms with Crippen LogP contribution < -0.4 is 4.74 Å². The summed E-state index contributed by atoms with van der Waals surface area (Å²) < 4.78 is 12.1. The zero-order valence-corrected chi connectivity index (χ0v) is 38.1. The zero-order chi connectivity index (χ0) is 46.2. The Bertz CT molecular complexity index is 4480. The highest BCUT2D eigenvalue weighted by atomic mass is 16.5. The quantitative estimate of drug-likeness (QED) is 0.174. The van der Waals surface area contributed by atoms with Crippen molar-refractivity contribution in [1.82, 2.24) is 19.1 Å². The summed E-state index contributed by atoms with van der Waals surface area (Å²) in [5.41, 5.74) is 21.7. The molecule has 13 aromatic rings. The Hall–Kier alpha value is -9.32. The van der Waals surface area contributed by atoms with Crippen LogP contribution in [0.25, 0.3) is 88.6 Å². The molecule has 1 unspecified atom stereocenters. The van der Waals surface area contributed by atoms with Gasteiger partial charge >= 0.3 is 0 Å². The molecule has 17 rings (SSSR count). The van der Waals surface area contributed by atoms with Gasteiger partial charge in [0.05, 0.1) is 56.2 Å². The SMILES string of the molecule is c1ccc(-n2c3ccccc3c3cc4c(cc32)c2ccccc2n4-c2cnc3c(c2)C2(c4ccccc4Oc4cc5c(cc42)-c2ccccc2C52c4ccccc4-c4ccccc42)c2cccnc2-3)cc1. The monoisotopic (exact) mass is 902 g/mol. The molecule has 9 aromatic carbocycles. The van der Waals surface area contributed by atoms with Gasteiger partial charge in [-0.1, -0.05) is 152 Å². The number of benzene rings is 9. The number of pyridine rings is 2. The molecule has 328 valence electrons. The lowest BCUT2D eigenvalue weighted by Crippen LogP contribution is -2.33. The second kappa shape index (κ2) is 13.3. The Morgan fingerprint density at radius 3 is 1.51 bits per heavy atom. The van der Waals surface area contributed by atoms with E-state index in [1.165, 1.54) is 77.1 Å². The Morgan fingerprint density at radius 2 is 0.831 bits per heavy atom. The van der Waals surface area contributed by atoms with Crippen molar-refractivity contribution < 1.29 is 4.74 Å². The van der Waals surface area contributed by atoms with Gasteiger partial charge < -0.3 is 13.9 Å². The summed E-state index contributed by atoms with van der Waals surface area (Å²) in [6.07, 6.45) is 3.97. The number of ether oxygens (including phenoxy) is 1. The van der Waals surface area contributed by atoms with Crippen LogP contribution in [0, 0.1) is 0 Å². The molecule has 1 atom stereocenters. The third-order valence-electron chi connectivity index (χ3n) is 16.5. The summed E-state index contributed by atoms with van der Waals surface area (Å²) in [5.74, 6) is 1.68. The fraction of sp³-hybridized carbons (Fsp3) is 0.0303. The molecule has 5 heterocycles. The fourth-order valence-electron chi connectivity index (χ4n) is 13.9. The van der Waals surface area contributed by atoms with Crippen molar-refractivity contribution in [3.8, 4) is 56.5 Å². The maximum Gasteiger partial charge on any atom is 0.132 e. The van der Waals surface area contributed by atoms with E-state index in [2.05, 4.69) is 234 Å². The van der Waals surface area contributed by atoms with Gasteiger partial charge in [0.15, 0.2) is 0 Å². The maximum atomic E-state index is 7.28. The number of aromatic nitrogens is 4. The predicted octanol–water partition coefficient (Wildman–Crippen LogP) is 15.5. The van der Waals surface area contributed by atoms with Crippen molar-refractivity contribution in [2.75, 3.05) is 0 Å². The normalized spacial score (nSPS) is 15.9. The molecule has 0 saturated carbocycles. The smallest absolute Gasteiger partial charge is 0.132 e. The zero-order valence-electron chi connectivity index (χ0n) is 38.1. The van der Waals surface area contributed by atoms with Crippen LogP contribution >= 0.6 is 0 Å². The Balaban J connectivity index is 0.963. The molecule has 4 aromatic heterocycles. The molecule has 3 aliphatic carbocycles. The molecular weight excluding hydrogens is 865 g/mol. The summed E-state index contributed by atoms with van der Waals surface area (Å²) in [6, 6.07) is 80.4. The van der Waals surface area contributed by atoms with Gasteiger partial charge in [-0.05, 0) is 117 Å². The van der Waals surface area contributed by atoms with Crippen molar-refractivity contribution in [3.63, 3.8) is 0 Å². The highest BCUT2D eigenvalue weighted by Gasteiger charge is 2.56. The first-order valence-electron chi connectivity index (χ1n) is 24.5. The van der Waals surface area contributed by atoms with Crippen LogP contribution in [0.3, 0.4) is 0 Å². The van der Waals surface area contributed by atoms with Crippen molar-refractivity contribution in [2.24, 2.45) is 0 Å². The van der Waals surface area contributed by atoms with Crippen LogP contribution in [-0.2, 0) is 10.8 Å². The first-order chi connectivity index (χ1) is 35.2. The summed E-state index contributed by atoms with van der Waals surface area (Å²) >= 11 is 0. The second-order valence-electron chi connectivity index (χ2n) is 19.5. The van der Waals surface area contributed by atoms with Gasteiger partial charge in [-0.3, -0.25) is 9.97 Å². The average Bonchev–Trinajstić information content (AvgIpc) is 4.21. The van der Waals surface area contributed by atoms with Crippen molar-refractivity contribution >= 4 is 43.6 Å². The number of hydrogen-bond acceptors (Lipinski definition) is 3. The van der Waals surface area contributed by atoms with Gasteiger partial charge in [-0.2, -0.15) is 0 Å². The van der Waals surface area contributed by atoms with Gasteiger partial charge in [-0.15, -0.1) is 0 Å². The van der Waals surface area contributed by atoms with Gasteiger partial charge in [-0.25, -0.2) is 0 Å². The maximum absolute atomic E-state index is 7.28. The highest BCUT2D eigenvalue weighted by Crippen LogP contribution is 2.67. The topological polar surface area (TPSA) is 44.9 Å². The van der Waals surface area contributed by atoms with Crippen LogP contribution in [0.15, 0.2) is 231 Å². The molecule has 5 heteroatoms. The van der Waals surface area contributed by atoms with Gasteiger partial charge in [0, 0.05) is 50.1 Å². The number of rotatable bonds is 2. The predicted molar refractivity (Wildman–Crippen MR) is 284 cm³/mol. The summed E-state index contributed by atoms with van der Waals surface area (Å²) in [7, 11) is 0. The first kappa shape index (κ1) is 37.6. The minimum Gasteiger partial charge on any atom is -0.457 e. The van der Waals surface area contributed by atoms with E-state index in [9.17, 15) is 0 Å². The van der Waals surface area contributed by atoms with E-state index in [-0.39, 0.29) is 0 Å². The Labute approximate surface area is 408 Å². The lowest BCUT2D eigenvalue weighted by atomic mass is 9.65. The van der Waals surface area contributed by atoms with E-state index in [0.29, 0.717) is 0 Å². The van der Waals surface area contributed by atoms with Gasteiger partial charge in [0.25, 0.3) is 0 Å². The molecule has 0 radical (unpaired) electrons. The largest absolute Gasteiger partial charge is 0.457 e. The number of para-hydroxylation sites is 4. The van der Waals surface area contributed by atoms with E-state index in [4.69, 9.17) is 14.7 Å². The molecule has 0 amide bonds. The van der Waals surface area contributed by atoms with Crippen molar-refractivity contribution in [3.05, 3.63) is 275 Å². The van der Waals surface area contributed by atoms with Crippen LogP contribution in [0.4, 0.5) is 0 Å². The summed E-state index contributed by atoms with van der Waals surface area (Å²) in [4.78, 5) is 10.7. The second-order valence-corrected chi connectivity index (χ2v) is 19.5. The van der Waals surface area contributed by atoms with E-state index in [1.807, 2.05) is 6.20 Å². The molecule has 0 bridgehead atoms. The van der Waals surface area contributed by atoms with Gasteiger partial charge in [0.2, 0.25) is 0 Å². The minimum atomic E-state index is -0.813. The fourth-order valence-corrected chi connectivity index (χ4v) is 13.9. The lowest BCUT2D eigenvalue weighted by Gasteiger charge is -2.40. The molecule has 2 spiro atoms. The molecule has 0 N–H and O–H groups in total. The first-order valence-corrected chi connectivity index (χ1v) is 24.5. The minimum absolute atomic E-state index is 0.515. The lowest BCUT2D eigenvalue weighted by molar-refractivity contribution is 0.435.